The van der Waals surface area contributed by atoms with Crippen LogP contribution in [0.15, 0.2) is 34.2 Å². The number of aromatic nitrogens is 1. The van der Waals surface area contributed by atoms with Crippen molar-refractivity contribution < 1.29 is 4.79 Å². The lowest BCUT2D eigenvalue weighted by molar-refractivity contribution is 0.0732. The first-order chi connectivity index (χ1) is 8.75. The summed E-state index contributed by atoms with van der Waals surface area (Å²) in [4.78, 5) is 18.7. The largest absolute Gasteiger partial charge is 0.356 e. The third-order valence-corrected chi connectivity index (χ3v) is 4.69. The molecule has 2 aromatic heterocycles. The predicted molar refractivity (Wildman–Crippen MR) is 75.8 cm³/mol. The highest BCUT2D eigenvalue weighted by Crippen LogP contribution is 2.35. The smallest absolute Gasteiger partial charge is 0.270 e. The third-order valence-electron chi connectivity index (χ3n) is 3.26. The molecule has 0 spiro atoms. The minimum absolute atomic E-state index is 0.0941. The number of nitrogens with one attached hydrogen (secondary N) is 1. The number of nitrogens with zero attached hydrogens (tertiary/aromatic N) is 1. The highest BCUT2D eigenvalue weighted by Gasteiger charge is 2.31. The van der Waals surface area contributed by atoms with Crippen LogP contribution in [0.5, 0.6) is 0 Å². The summed E-state index contributed by atoms with van der Waals surface area (Å²) >= 11 is 5.09. The van der Waals surface area contributed by atoms with Crippen molar-refractivity contribution in [2.24, 2.45) is 0 Å². The van der Waals surface area contributed by atoms with Gasteiger partial charge in [0.25, 0.3) is 5.91 Å². The number of H-pyrrole nitrogens is 1. The lowest BCUT2D eigenvalue weighted by Crippen LogP contribution is -2.30. The van der Waals surface area contributed by atoms with Crippen molar-refractivity contribution in [3.63, 3.8) is 0 Å². The second-order valence-corrected chi connectivity index (χ2v) is 6.30. The molecule has 2 aromatic rings. The molecule has 3 nitrogen and oxygen atoms in total. The van der Waals surface area contributed by atoms with Gasteiger partial charge in [-0.1, -0.05) is 6.07 Å². The Bertz CT molecular complexity index is 549. The summed E-state index contributed by atoms with van der Waals surface area (Å²) in [5.74, 6) is 0.0941. The SMILES string of the molecule is O=C(c1cc(Br)c[nH]1)N1CCC[C@H]1c1cccs1. The first-order valence-electron chi connectivity index (χ1n) is 5.94. The number of thiophene rings is 1. The van der Waals surface area contributed by atoms with Crippen molar-refractivity contribution in [3.8, 4) is 0 Å². The highest BCUT2D eigenvalue weighted by molar-refractivity contribution is 9.10. The number of carbonyl (C=O) groups is 1. The summed E-state index contributed by atoms with van der Waals surface area (Å²) in [5.41, 5.74) is 0.658. The molecule has 1 fully saturated rings. The van der Waals surface area contributed by atoms with Gasteiger partial charge in [-0.05, 0) is 46.3 Å². The molecule has 0 bridgehead atoms. The fraction of sp³-hybridized carbons (Fsp3) is 0.308. The van der Waals surface area contributed by atoms with Crippen LogP contribution in [0.3, 0.4) is 0 Å². The number of amides is 1. The van der Waals surface area contributed by atoms with Gasteiger partial charge in [0, 0.05) is 22.1 Å². The number of hydrogen-bond acceptors (Lipinski definition) is 2. The molecule has 18 heavy (non-hydrogen) atoms. The van der Waals surface area contributed by atoms with E-state index in [-0.39, 0.29) is 11.9 Å². The third kappa shape index (κ3) is 2.12. The Balaban J connectivity index is 1.85. The minimum atomic E-state index is 0.0941. The standard InChI is InChI=1S/C13H13BrN2OS/c14-9-7-10(15-8-9)13(17)16-5-1-3-11(16)12-4-2-6-18-12/h2,4,6-8,11,15H,1,3,5H2/t11-/m0/s1. The van der Waals surface area contributed by atoms with E-state index in [9.17, 15) is 4.79 Å². The molecule has 0 saturated carbocycles. The van der Waals surface area contributed by atoms with Gasteiger partial charge in [0.15, 0.2) is 0 Å². The Kier molecular flexibility index (Phi) is 3.26. The van der Waals surface area contributed by atoms with Crippen LogP contribution in [0.25, 0.3) is 0 Å². The van der Waals surface area contributed by atoms with Crippen molar-refractivity contribution in [1.29, 1.82) is 0 Å². The van der Waals surface area contributed by atoms with Gasteiger partial charge >= 0.3 is 0 Å². The number of carbonyl (C=O) groups excluding carboxylic acids is 1. The molecule has 94 valence electrons. The van der Waals surface area contributed by atoms with E-state index in [1.807, 2.05) is 17.0 Å². The molecule has 0 aliphatic carbocycles. The average molecular weight is 325 g/mol. The fourth-order valence-electron chi connectivity index (χ4n) is 2.43. The van der Waals surface area contributed by atoms with Crippen molar-refractivity contribution >= 4 is 33.2 Å². The maximum atomic E-state index is 12.4. The van der Waals surface area contributed by atoms with E-state index in [4.69, 9.17) is 0 Å². The molecule has 1 atom stereocenters. The molecule has 0 aromatic carbocycles. The van der Waals surface area contributed by atoms with Crippen LogP contribution in [0.4, 0.5) is 0 Å². The van der Waals surface area contributed by atoms with Crippen LogP contribution in [0.1, 0.15) is 34.2 Å². The molecule has 5 heteroatoms. The zero-order valence-electron chi connectivity index (χ0n) is 9.73. The molecule has 1 amide bonds. The van der Waals surface area contributed by atoms with Crippen LogP contribution in [0.2, 0.25) is 0 Å². The van der Waals surface area contributed by atoms with Gasteiger partial charge < -0.3 is 9.88 Å². The van der Waals surface area contributed by atoms with Crippen molar-refractivity contribution in [1.82, 2.24) is 9.88 Å². The van der Waals surface area contributed by atoms with Gasteiger partial charge in [0.1, 0.15) is 5.69 Å². The van der Waals surface area contributed by atoms with E-state index < -0.39 is 0 Å². The average Bonchev–Trinajstić information content (AvgIpc) is 3.08. The molecule has 3 rings (SSSR count). The number of halogens is 1. The van der Waals surface area contributed by atoms with E-state index in [1.54, 1.807) is 17.5 Å². The van der Waals surface area contributed by atoms with Gasteiger partial charge in [-0.2, -0.15) is 0 Å². The second-order valence-electron chi connectivity index (χ2n) is 4.40. The summed E-state index contributed by atoms with van der Waals surface area (Å²) in [6.07, 6.45) is 3.94. The lowest BCUT2D eigenvalue weighted by atomic mass is 10.2. The molecule has 0 radical (unpaired) electrons. The Morgan fingerprint density at radius 2 is 2.44 bits per heavy atom. The van der Waals surface area contributed by atoms with Crippen molar-refractivity contribution in [3.05, 3.63) is 44.8 Å². The number of rotatable bonds is 2. The van der Waals surface area contributed by atoms with Gasteiger partial charge in [0.05, 0.1) is 6.04 Å². The first-order valence-corrected chi connectivity index (χ1v) is 7.61. The van der Waals surface area contributed by atoms with Crippen LogP contribution in [-0.4, -0.2) is 22.3 Å². The van der Waals surface area contributed by atoms with E-state index >= 15 is 0 Å². The van der Waals surface area contributed by atoms with E-state index in [0.717, 1.165) is 23.9 Å². The first kappa shape index (κ1) is 12.0. The number of likely N-dealkylation sites (tertiary alicyclic amines) is 1. The van der Waals surface area contributed by atoms with E-state index in [2.05, 4.69) is 32.4 Å². The molecular weight excluding hydrogens is 312 g/mol. The molecule has 0 unspecified atom stereocenters. The Labute approximate surface area is 118 Å². The molecule has 1 saturated heterocycles. The van der Waals surface area contributed by atoms with E-state index in [1.165, 1.54) is 4.88 Å². The maximum absolute atomic E-state index is 12.4. The highest BCUT2D eigenvalue weighted by atomic mass is 79.9. The topological polar surface area (TPSA) is 36.1 Å². The summed E-state index contributed by atoms with van der Waals surface area (Å²) in [5, 5.41) is 2.07. The number of aromatic amines is 1. The van der Waals surface area contributed by atoms with Crippen LogP contribution in [-0.2, 0) is 0 Å². The molecule has 1 aliphatic rings. The lowest BCUT2D eigenvalue weighted by Gasteiger charge is -2.23. The van der Waals surface area contributed by atoms with Gasteiger partial charge in [0.2, 0.25) is 0 Å². The zero-order valence-corrected chi connectivity index (χ0v) is 12.1. The Morgan fingerprint density at radius 3 is 3.11 bits per heavy atom. The molecular formula is C13H13BrN2OS. The zero-order chi connectivity index (χ0) is 12.5. The minimum Gasteiger partial charge on any atom is -0.356 e. The monoisotopic (exact) mass is 324 g/mol. The normalized spacial score (nSPS) is 19.4. The van der Waals surface area contributed by atoms with Gasteiger partial charge in [-0.25, -0.2) is 0 Å². The quantitative estimate of drug-likeness (QED) is 0.895. The summed E-state index contributed by atoms with van der Waals surface area (Å²) < 4.78 is 0.915. The van der Waals surface area contributed by atoms with Crippen molar-refractivity contribution in [2.45, 2.75) is 18.9 Å². The second kappa shape index (κ2) is 4.90. The fourth-order valence-corrected chi connectivity index (χ4v) is 3.65. The molecule has 1 N–H and O–H groups in total. The molecule has 1 aliphatic heterocycles. The van der Waals surface area contributed by atoms with Crippen molar-refractivity contribution in [2.75, 3.05) is 6.54 Å². The predicted octanol–water partition coefficient (Wildman–Crippen LogP) is 3.82. The van der Waals surface area contributed by atoms with Gasteiger partial charge in [-0.3, -0.25) is 4.79 Å². The van der Waals surface area contributed by atoms with Crippen LogP contribution >= 0.6 is 27.3 Å². The number of hydrogen-bond donors (Lipinski definition) is 1. The molecule has 3 heterocycles. The summed E-state index contributed by atoms with van der Waals surface area (Å²) in [6, 6.07) is 6.25. The Morgan fingerprint density at radius 1 is 1.56 bits per heavy atom. The van der Waals surface area contributed by atoms with Crippen LogP contribution < -0.4 is 0 Å². The van der Waals surface area contributed by atoms with E-state index in [0.29, 0.717) is 5.69 Å². The summed E-state index contributed by atoms with van der Waals surface area (Å²) in [6.45, 7) is 0.845. The van der Waals surface area contributed by atoms with Gasteiger partial charge in [-0.15, -0.1) is 11.3 Å². The maximum Gasteiger partial charge on any atom is 0.270 e. The van der Waals surface area contributed by atoms with Crippen LogP contribution in [0, 0.1) is 0 Å². The summed E-state index contributed by atoms with van der Waals surface area (Å²) in [7, 11) is 0. The Hall–Kier alpha value is -1.07.